The molecule has 0 aliphatic heterocycles. The number of pyridine rings is 2. The van der Waals surface area contributed by atoms with Crippen molar-refractivity contribution in [1.82, 2.24) is 9.97 Å². The normalized spacial score (nSPS) is 13.6. The molecule has 0 amide bonds. The number of aromatic nitrogens is 2. The molecule has 0 aliphatic carbocycles. The zero-order chi connectivity index (χ0) is 49.5. The molecule has 2 aromatic heterocycles. The Hall–Kier alpha value is -4.65. The fraction of sp³-hybridized carbons (Fsp3) is 0.377. The van der Waals surface area contributed by atoms with Crippen LogP contribution in [0, 0.1) is 51.7 Å². The molecule has 0 aliphatic rings. The Balaban J connectivity index is 0.000000268. The van der Waals surface area contributed by atoms with E-state index in [1.54, 1.807) is 6.92 Å². The van der Waals surface area contributed by atoms with Crippen LogP contribution in [-0.4, -0.2) is 27.0 Å². The van der Waals surface area contributed by atoms with E-state index in [9.17, 15) is 23.1 Å². The summed E-state index contributed by atoms with van der Waals surface area (Å²) in [6, 6.07) is 23.2. The molecular formula is C53H61F3IrN2O2-2. The van der Waals surface area contributed by atoms with E-state index in [2.05, 4.69) is 49.8 Å². The second kappa shape index (κ2) is 23.0. The van der Waals surface area contributed by atoms with Crippen molar-refractivity contribution in [3.05, 3.63) is 142 Å². The van der Waals surface area contributed by atoms with Crippen molar-refractivity contribution in [3.63, 3.8) is 0 Å². The molecule has 0 bridgehead atoms. The number of fused-ring (bicyclic) bond motifs is 2. The van der Waals surface area contributed by atoms with Gasteiger partial charge in [-0.1, -0.05) is 113 Å². The van der Waals surface area contributed by atoms with Crippen LogP contribution in [0.25, 0.3) is 44.1 Å². The molecule has 0 saturated heterocycles. The van der Waals surface area contributed by atoms with E-state index in [4.69, 9.17) is 8.22 Å². The number of aryl methyl sites for hydroxylation is 4. The van der Waals surface area contributed by atoms with Crippen molar-refractivity contribution in [1.29, 1.82) is 0 Å². The number of halogens is 3. The number of hydrogen-bond donors (Lipinski definition) is 1. The van der Waals surface area contributed by atoms with Crippen LogP contribution in [0.15, 0.2) is 96.9 Å². The Bertz CT molecular complexity index is 2600. The van der Waals surface area contributed by atoms with Crippen LogP contribution in [0.5, 0.6) is 0 Å². The number of carbonyl (C=O) groups is 1. The molecule has 6 rings (SSSR count). The summed E-state index contributed by atoms with van der Waals surface area (Å²) in [6.07, 6.45) is -3.20. The Morgan fingerprint density at radius 1 is 0.721 bits per heavy atom. The summed E-state index contributed by atoms with van der Waals surface area (Å²) in [7, 11) is 0. The van der Waals surface area contributed by atoms with Gasteiger partial charge in [-0.3, -0.25) is 4.79 Å². The second-order valence-electron chi connectivity index (χ2n) is 16.0. The van der Waals surface area contributed by atoms with Crippen molar-refractivity contribution in [2.45, 2.75) is 120 Å². The van der Waals surface area contributed by atoms with Crippen molar-refractivity contribution in [3.8, 4) is 22.5 Å². The van der Waals surface area contributed by atoms with E-state index in [0.717, 1.165) is 50.2 Å². The van der Waals surface area contributed by atoms with Gasteiger partial charge in [-0.25, -0.2) is 0 Å². The molecule has 2 heterocycles. The van der Waals surface area contributed by atoms with Crippen LogP contribution in [0.1, 0.15) is 128 Å². The Morgan fingerprint density at radius 2 is 1.13 bits per heavy atom. The number of aliphatic hydroxyl groups excluding tert-OH is 1. The molecule has 1 atom stereocenters. The summed E-state index contributed by atoms with van der Waals surface area (Å²) in [5, 5.41) is 12.6. The predicted octanol–water partition coefficient (Wildman–Crippen LogP) is 15.3. The summed E-state index contributed by atoms with van der Waals surface area (Å²) in [4.78, 5) is 20.3. The SMILES string of the molecule is CCC(CC)C(=O)/C=C(\O)C(CC)CC(F)(F)F.[2H]c1nc(-c2[c-]c(C)cc(C)c2[2H])c2ccc(C(C)C)cc2c1[2H].[2H]c1nc(-c2[c-]c(C)cc(C)c2[2H])c2ccc(C(C)C)cc2c1[2H].[Ir]. The van der Waals surface area contributed by atoms with Gasteiger partial charge in [0, 0.05) is 50.4 Å². The standard InChI is InChI=1S/2C20H20N.C13H21F3O2.Ir/c2*1-13(2)16-5-6-19-17(12-16)7-8-21-20(19)18-10-14(3)9-15(4)11-18;1-4-9(5-2)11(17)7-12(18)10(6-3)8-13(14,15)16;/h2*5-10,12-13H,1-4H3;7,9-10,18H,4-6,8H2,1-3H3;/q2*-1;;/b;;12-7-;/i2*7D,8D,10D;;. The first kappa shape index (κ1) is 41.7. The average Bonchev–Trinajstić information content (AvgIpc) is 3.25. The second-order valence-corrected chi connectivity index (χ2v) is 16.0. The maximum Gasteiger partial charge on any atom is 0.389 e. The number of allylic oxidation sites excluding steroid dienone is 2. The van der Waals surface area contributed by atoms with Gasteiger partial charge < -0.3 is 15.1 Å². The van der Waals surface area contributed by atoms with Gasteiger partial charge in [-0.05, 0) is 90.0 Å². The minimum atomic E-state index is -4.33. The van der Waals surface area contributed by atoms with Crippen LogP contribution in [0.4, 0.5) is 13.2 Å². The van der Waals surface area contributed by atoms with Gasteiger partial charge >= 0.3 is 6.18 Å². The third-order valence-corrected chi connectivity index (χ3v) is 10.3. The topological polar surface area (TPSA) is 63.1 Å². The van der Waals surface area contributed by atoms with Gasteiger partial charge in [0.05, 0.1) is 17.7 Å². The van der Waals surface area contributed by atoms with Crippen LogP contribution in [0.3, 0.4) is 0 Å². The average molecular weight is 1010 g/mol. The van der Waals surface area contributed by atoms with Gasteiger partial charge in [0.2, 0.25) is 0 Å². The monoisotopic (exact) mass is 1010 g/mol. The molecular weight excluding hydrogens is 946 g/mol. The van der Waals surface area contributed by atoms with Gasteiger partial charge in [-0.2, -0.15) is 13.2 Å². The number of hydrogen-bond acceptors (Lipinski definition) is 4. The quantitative estimate of drug-likeness (QED) is 0.0798. The first-order valence-electron chi connectivity index (χ1n) is 23.7. The van der Waals surface area contributed by atoms with E-state index in [1.165, 1.54) is 0 Å². The number of carbonyl (C=O) groups excluding carboxylic acids is 1. The predicted molar refractivity (Wildman–Crippen MR) is 243 cm³/mol. The Kier molecular flexibility index (Phi) is 15.7. The minimum Gasteiger partial charge on any atom is -0.512 e. The molecule has 1 radical (unpaired) electrons. The summed E-state index contributed by atoms with van der Waals surface area (Å²) in [5.74, 6) is -1.30. The van der Waals surface area contributed by atoms with Gasteiger partial charge in [0.25, 0.3) is 0 Å². The zero-order valence-electron chi connectivity index (χ0n) is 43.1. The molecule has 1 N–H and O–H groups in total. The summed E-state index contributed by atoms with van der Waals surface area (Å²) < 4.78 is 86.1. The Morgan fingerprint density at radius 3 is 1.49 bits per heavy atom. The number of aliphatic hydroxyl groups is 1. The zero-order valence-corrected chi connectivity index (χ0v) is 39.4. The fourth-order valence-corrected chi connectivity index (χ4v) is 6.94. The molecule has 4 aromatic carbocycles. The van der Waals surface area contributed by atoms with Crippen molar-refractivity contribution >= 4 is 27.3 Å². The molecule has 327 valence electrons. The number of nitrogens with zero attached hydrogens (tertiary/aromatic N) is 2. The van der Waals surface area contributed by atoms with Crippen LogP contribution in [-0.2, 0) is 24.9 Å². The minimum absolute atomic E-state index is 0. The first-order chi connectivity index (χ1) is 30.8. The molecule has 8 heteroatoms. The van der Waals surface area contributed by atoms with Crippen molar-refractivity contribution in [2.24, 2.45) is 11.8 Å². The third-order valence-electron chi connectivity index (χ3n) is 10.3. The van der Waals surface area contributed by atoms with Crippen LogP contribution >= 0.6 is 0 Å². The fourth-order valence-electron chi connectivity index (χ4n) is 6.94. The van der Waals surface area contributed by atoms with E-state index in [1.807, 2.05) is 90.1 Å². The Labute approximate surface area is 383 Å². The molecule has 0 spiro atoms. The van der Waals surface area contributed by atoms with Gasteiger partial charge in [-0.15, -0.1) is 69.7 Å². The van der Waals surface area contributed by atoms with Crippen LogP contribution in [0.2, 0.25) is 0 Å². The summed E-state index contributed by atoms with van der Waals surface area (Å²) in [6.45, 7) is 21.3. The van der Waals surface area contributed by atoms with Crippen molar-refractivity contribution < 1.29 is 51.4 Å². The van der Waals surface area contributed by atoms with Gasteiger partial charge in [0.1, 0.15) is 0 Å². The largest absolute Gasteiger partial charge is 0.512 e. The molecule has 4 nitrogen and oxygen atoms in total. The molecule has 0 fully saturated rings. The van der Waals surface area contributed by atoms with E-state index in [0.29, 0.717) is 70.0 Å². The van der Waals surface area contributed by atoms with E-state index < -0.39 is 24.3 Å². The number of benzene rings is 4. The smallest absolute Gasteiger partial charge is 0.389 e. The van der Waals surface area contributed by atoms with Crippen molar-refractivity contribution in [2.75, 3.05) is 0 Å². The first-order valence-corrected chi connectivity index (χ1v) is 20.7. The summed E-state index contributed by atoms with van der Waals surface area (Å²) >= 11 is 0. The van der Waals surface area contributed by atoms with E-state index >= 15 is 0 Å². The maximum atomic E-state index is 12.3. The molecule has 1 unspecified atom stereocenters. The maximum absolute atomic E-state index is 12.3. The number of rotatable bonds is 11. The third kappa shape index (κ3) is 14.5. The number of ketones is 1. The van der Waals surface area contributed by atoms with Gasteiger partial charge in [0.15, 0.2) is 5.78 Å². The van der Waals surface area contributed by atoms with E-state index in [-0.39, 0.29) is 62.7 Å². The molecule has 6 aromatic rings. The molecule has 0 saturated carbocycles. The summed E-state index contributed by atoms with van der Waals surface area (Å²) in [5.41, 5.74) is 8.18. The number of alkyl halides is 3. The molecule has 61 heavy (non-hydrogen) atoms. The van der Waals surface area contributed by atoms with Crippen LogP contribution < -0.4 is 0 Å².